The van der Waals surface area contributed by atoms with E-state index in [1.54, 1.807) is 0 Å². The van der Waals surface area contributed by atoms with Gasteiger partial charge in [-0.25, -0.2) is 11.6 Å². The number of fused-ring (bicyclic) bond motifs is 3. The van der Waals surface area contributed by atoms with Gasteiger partial charge in [0.25, 0.3) is 11.6 Å². The number of hydrogen-bond donors (Lipinski definition) is 0. The molecule has 4 aromatic rings. The van der Waals surface area contributed by atoms with Crippen molar-refractivity contribution in [3.05, 3.63) is 70.6 Å². The normalized spacial score (nSPS) is 12.5. The largest absolute Gasteiger partial charge is 0.433 e. The maximum Gasteiger partial charge on any atom is 0.294 e. The number of rotatable bonds is 2. The van der Waals surface area contributed by atoms with Crippen LogP contribution in [0.2, 0.25) is 0 Å². The molecule has 148 valence electrons. The van der Waals surface area contributed by atoms with Gasteiger partial charge in [0, 0.05) is 25.3 Å². The molecular formula is C26H24N3O+. The standard InChI is InChI=1S/C26H24N3O/c1-15-12-18-8-7-9-21-23(18)22(16(15)2)24-25(30-21)28-19-13-17(14-26(3,4)27-5)10-11-20(19)29(24)6/h7-13H,14H2,1-4,6H3/q+1. The fraction of sp³-hybridized carbons (Fsp3) is 0.269. The minimum absolute atomic E-state index is 0.427. The molecule has 0 bridgehead atoms. The van der Waals surface area contributed by atoms with Gasteiger partial charge < -0.3 is 9.58 Å². The first kappa shape index (κ1) is 18.6. The number of benzene rings is 3. The first-order valence-corrected chi connectivity index (χ1v) is 10.2. The minimum atomic E-state index is -0.427. The van der Waals surface area contributed by atoms with Crippen LogP contribution in [-0.4, -0.2) is 10.5 Å². The lowest BCUT2D eigenvalue weighted by atomic mass is 9.91. The Morgan fingerprint density at radius 2 is 1.93 bits per heavy atom. The second-order valence-electron chi connectivity index (χ2n) is 8.90. The molecule has 0 N–H and O–H groups in total. The molecule has 0 spiro atoms. The van der Waals surface area contributed by atoms with Gasteiger partial charge >= 0.3 is 0 Å². The summed E-state index contributed by atoms with van der Waals surface area (Å²) in [5.74, 6) is 1.50. The van der Waals surface area contributed by atoms with Crippen molar-refractivity contribution in [3.8, 4) is 22.9 Å². The van der Waals surface area contributed by atoms with Gasteiger partial charge in [-0.3, -0.25) is 0 Å². The SMILES string of the molecule is [C-]#[N+]C(C)(C)Cc1ccc2c(c1)nc1c([n+]2C)-c2c(C)c(C)cc3cccc(c23)O1. The van der Waals surface area contributed by atoms with Crippen LogP contribution in [0.4, 0.5) is 0 Å². The Balaban J connectivity index is 1.79. The molecule has 0 radical (unpaired) electrons. The van der Waals surface area contributed by atoms with E-state index in [-0.39, 0.29) is 0 Å². The third-order valence-corrected chi connectivity index (χ3v) is 6.19. The highest BCUT2D eigenvalue weighted by molar-refractivity contribution is 6.04. The third-order valence-electron chi connectivity index (χ3n) is 6.19. The summed E-state index contributed by atoms with van der Waals surface area (Å²) >= 11 is 0. The lowest BCUT2D eigenvalue weighted by Crippen LogP contribution is -2.34. The van der Waals surface area contributed by atoms with Crippen molar-refractivity contribution < 1.29 is 9.30 Å². The second kappa shape index (κ2) is 6.27. The van der Waals surface area contributed by atoms with Crippen molar-refractivity contribution in [3.63, 3.8) is 0 Å². The number of nitrogens with zero attached hydrogens (tertiary/aromatic N) is 3. The molecule has 2 heterocycles. The van der Waals surface area contributed by atoms with Crippen LogP contribution in [0.5, 0.6) is 11.6 Å². The fourth-order valence-electron chi connectivity index (χ4n) is 4.51. The van der Waals surface area contributed by atoms with E-state index in [0.717, 1.165) is 33.4 Å². The zero-order valence-electron chi connectivity index (χ0n) is 18.0. The van der Waals surface area contributed by atoms with Crippen LogP contribution in [0.1, 0.15) is 30.5 Å². The lowest BCUT2D eigenvalue weighted by molar-refractivity contribution is -0.634. The molecule has 0 fully saturated rings. The fourth-order valence-corrected chi connectivity index (χ4v) is 4.51. The number of hydrogen-bond acceptors (Lipinski definition) is 2. The van der Waals surface area contributed by atoms with Crippen LogP contribution < -0.4 is 9.30 Å². The average Bonchev–Trinajstić information content (AvgIpc) is 2.71. The van der Waals surface area contributed by atoms with Gasteiger partial charge in [0.2, 0.25) is 11.1 Å². The molecule has 0 saturated heterocycles. The van der Waals surface area contributed by atoms with Crippen LogP contribution in [0, 0.1) is 20.4 Å². The van der Waals surface area contributed by atoms with Gasteiger partial charge in [-0.15, -0.1) is 0 Å². The zero-order valence-corrected chi connectivity index (χ0v) is 18.0. The molecule has 4 nitrogen and oxygen atoms in total. The van der Waals surface area contributed by atoms with E-state index in [9.17, 15) is 0 Å². The van der Waals surface area contributed by atoms with Crippen molar-refractivity contribution in [1.82, 2.24) is 4.98 Å². The van der Waals surface area contributed by atoms with Crippen LogP contribution in [0.3, 0.4) is 0 Å². The van der Waals surface area contributed by atoms with Crippen LogP contribution >= 0.6 is 0 Å². The van der Waals surface area contributed by atoms with Gasteiger partial charge in [-0.2, -0.15) is 4.57 Å². The molecule has 4 heteroatoms. The van der Waals surface area contributed by atoms with Gasteiger partial charge in [0.05, 0.1) is 12.0 Å². The van der Waals surface area contributed by atoms with E-state index in [1.165, 1.54) is 22.1 Å². The highest BCUT2D eigenvalue weighted by atomic mass is 16.5. The maximum absolute atomic E-state index is 7.42. The van der Waals surface area contributed by atoms with E-state index < -0.39 is 5.54 Å². The number of aromatic nitrogens is 2. The first-order chi connectivity index (χ1) is 14.3. The molecule has 1 aliphatic rings. The Morgan fingerprint density at radius 1 is 1.13 bits per heavy atom. The van der Waals surface area contributed by atoms with E-state index in [1.807, 2.05) is 26.0 Å². The Labute approximate surface area is 176 Å². The minimum Gasteiger partial charge on any atom is -0.433 e. The molecule has 5 rings (SSSR count). The molecule has 0 amide bonds. The maximum atomic E-state index is 7.42. The third kappa shape index (κ3) is 2.66. The topological polar surface area (TPSA) is 30.4 Å². The summed E-state index contributed by atoms with van der Waals surface area (Å²) in [6.07, 6.45) is 0.691. The van der Waals surface area contributed by atoms with Crippen LogP contribution in [0.25, 0.3) is 37.9 Å². The van der Waals surface area contributed by atoms with Crippen LogP contribution in [-0.2, 0) is 13.5 Å². The van der Waals surface area contributed by atoms with Gasteiger partial charge in [0.15, 0.2) is 0 Å². The molecule has 3 aromatic carbocycles. The Kier molecular flexibility index (Phi) is 3.88. The monoisotopic (exact) mass is 394 g/mol. The van der Waals surface area contributed by atoms with E-state index in [4.69, 9.17) is 16.3 Å². The second-order valence-corrected chi connectivity index (χ2v) is 8.90. The van der Waals surface area contributed by atoms with Crippen molar-refractivity contribution in [1.29, 1.82) is 0 Å². The smallest absolute Gasteiger partial charge is 0.294 e. The van der Waals surface area contributed by atoms with E-state index in [2.05, 4.69) is 60.6 Å². The summed E-state index contributed by atoms with van der Waals surface area (Å²) < 4.78 is 8.51. The Bertz CT molecular complexity index is 1410. The molecule has 1 aromatic heterocycles. The highest BCUT2D eigenvalue weighted by Gasteiger charge is 2.33. The zero-order chi connectivity index (χ0) is 21.2. The molecule has 0 unspecified atom stereocenters. The van der Waals surface area contributed by atoms with E-state index >= 15 is 0 Å². The predicted octanol–water partition coefficient (Wildman–Crippen LogP) is 5.84. The van der Waals surface area contributed by atoms with Crippen molar-refractivity contribution in [2.75, 3.05) is 0 Å². The Hall–Kier alpha value is -3.45. The van der Waals surface area contributed by atoms with Gasteiger partial charge in [0.1, 0.15) is 18.3 Å². The lowest BCUT2D eigenvalue weighted by Gasteiger charge is -2.21. The molecule has 30 heavy (non-hydrogen) atoms. The van der Waals surface area contributed by atoms with E-state index in [0.29, 0.717) is 12.3 Å². The summed E-state index contributed by atoms with van der Waals surface area (Å²) in [4.78, 5) is 8.68. The summed E-state index contributed by atoms with van der Waals surface area (Å²) in [7, 11) is 2.08. The molecule has 0 atom stereocenters. The van der Waals surface area contributed by atoms with Crippen molar-refractivity contribution in [2.24, 2.45) is 7.05 Å². The van der Waals surface area contributed by atoms with Gasteiger partial charge in [-0.1, -0.05) is 24.3 Å². The highest BCUT2D eigenvalue weighted by Crippen LogP contribution is 2.46. The van der Waals surface area contributed by atoms with Crippen molar-refractivity contribution >= 4 is 21.8 Å². The first-order valence-electron chi connectivity index (χ1n) is 10.2. The number of aryl methyl sites for hydroxylation is 2. The van der Waals surface area contributed by atoms with Crippen LogP contribution in [0.15, 0.2) is 42.5 Å². The predicted molar refractivity (Wildman–Crippen MR) is 120 cm³/mol. The molecular weight excluding hydrogens is 370 g/mol. The van der Waals surface area contributed by atoms with Crippen molar-refractivity contribution in [2.45, 2.75) is 39.7 Å². The molecule has 0 saturated carbocycles. The number of ether oxygens (including phenoxy) is 1. The average molecular weight is 394 g/mol. The van der Waals surface area contributed by atoms with Gasteiger partial charge in [-0.05, 0) is 48.1 Å². The quantitative estimate of drug-likeness (QED) is 0.278. The summed E-state index contributed by atoms with van der Waals surface area (Å²) in [5, 5.41) is 2.34. The summed E-state index contributed by atoms with van der Waals surface area (Å²) in [6.45, 7) is 15.7. The summed E-state index contributed by atoms with van der Waals surface area (Å²) in [5.41, 5.74) is 7.36. The Morgan fingerprint density at radius 3 is 2.70 bits per heavy atom. The molecule has 0 aliphatic carbocycles. The summed E-state index contributed by atoms with van der Waals surface area (Å²) in [6, 6.07) is 14.7. The molecule has 1 aliphatic heterocycles.